The standard InChI is InChI=1S/C26H36N2O3/c1-31-22-6-2-5-21(14-22)23-7-4-10-28(23)24(29)8-3-9-27-25(30)26-15-18-11-19(16-26)13-20(12-18)17-26/h2,5-6,14,18-20,23H,3-4,7-13,15-17H2,1H3,(H,27,30)/t18?,19?,20?,23-,26?/m0/s1. The van der Waals surface area contributed by atoms with Crippen LogP contribution >= 0.6 is 0 Å². The van der Waals surface area contributed by atoms with Gasteiger partial charge >= 0.3 is 0 Å². The van der Waals surface area contributed by atoms with E-state index in [0.29, 0.717) is 13.0 Å². The lowest BCUT2D eigenvalue weighted by molar-refractivity contribution is -0.146. The summed E-state index contributed by atoms with van der Waals surface area (Å²) in [6, 6.07) is 8.21. The number of carbonyl (C=O) groups excluding carboxylic acids is 2. The van der Waals surface area contributed by atoms with Crippen molar-refractivity contribution < 1.29 is 14.3 Å². The summed E-state index contributed by atoms with van der Waals surface area (Å²) in [7, 11) is 1.67. The van der Waals surface area contributed by atoms with Crippen LogP contribution in [-0.2, 0) is 9.59 Å². The van der Waals surface area contributed by atoms with Crippen LogP contribution in [0.2, 0.25) is 0 Å². The highest BCUT2D eigenvalue weighted by molar-refractivity contribution is 5.83. The fraction of sp³-hybridized carbons (Fsp3) is 0.692. The van der Waals surface area contributed by atoms with Crippen LogP contribution in [0, 0.1) is 23.2 Å². The zero-order valence-electron chi connectivity index (χ0n) is 18.8. The van der Waals surface area contributed by atoms with E-state index >= 15 is 0 Å². The molecule has 31 heavy (non-hydrogen) atoms. The highest BCUT2D eigenvalue weighted by atomic mass is 16.5. The van der Waals surface area contributed by atoms with E-state index in [0.717, 1.165) is 74.1 Å². The predicted molar refractivity (Wildman–Crippen MR) is 120 cm³/mol. The number of benzene rings is 1. The van der Waals surface area contributed by atoms with Crippen LogP contribution in [0.4, 0.5) is 0 Å². The second-order valence-electron chi connectivity index (χ2n) is 10.6. The monoisotopic (exact) mass is 424 g/mol. The number of ether oxygens (including phenoxy) is 1. The molecular formula is C26H36N2O3. The van der Waals surface area contributed by atoms with E-state index in [4.69, 9.17) is 4.74 Å². The van der Waals surface area contributed by atoms with Crippen molar-refractivity contribution in [3.63, 3.8) is 0 Å². The van der Waals surface area contributed by atoms with E-state index in [1.807, 2.05) is 23.1 Å². The Morgan fingerprint density at radius 2 is 1.84 bits per heavy atom. The molecule has 0 unspecified atom stereocenters. The van der Waals surface area contributed by atoms with Crippen LogP contribution < -0.4 is 10.1 Å². The van der Waals surface area contributed by atoms with Crippen LogP contribution in [0.1, 0.15) is 75.8 Å². The fourth-order valence-corrected chi connectivity index (χ4v) is 7.42. The summed E-state index contributed by atoms with van der Waals surface area (Å²) < 4.78 is 5.36. The normalized spacial score (nSPS) is 33.5. The molecule has 0 radical (unpaired) electrons. The van der Waals surface area contributed by atoms with Crippen molar-refractivity contribution in [2.75, 3.05) is 20.2 Å². The lowest BCUT2D eigenvalue weighted by Gasteiger charge is -2.55. The van der Waals surface area contributed by atoms with Gasteiger partial charge in [-0.25, -0.2) is 0 Å². The summed E-state index contributed by atoms with van der Waals surface area (Å²) in [6.07, 6.45) is 10.6. The third-order valence-corrected chi connectivity index (χ3v) is 8.42. The highest BCUT2D eigenvalue weighted by Crippen LogP contribution is 2.60. The molecule has 5 heteroatoms. The first-order chi connectivity index (χ1) is 15.1. The molecule has 168 valence electrons. The van der Waals surface area contributed by atoms with Gasteiger partial charge in [-0.1, -0.05) is 12.1 Å². The minimum Gasteiger partial charge on any atom is -0.497 e. The summed E-state index contributed by atoms with van der Waals surface area (Å²) in [5.41, 5.74) is 1.06. The summed E-state index contributed by atoms with van der Waals surface area (Å²) in [5.74, 6) is 3.65. The molecule has 2 amide bonds. The number of methoxy groups -OCH3 is 1. The van der Waals surface area contributed by atoms with Gasteiger partial charge in [0.1, 0.15) is 5.75 Å². The van der Waals surface area contributed by atoms with Gasteiger partial charge < -0.3 is 15.0 Å². The van der Waals surface area contributed by atoms with Crippen LogP contribution in [0.5, 0.6) is 5.75 Å². The molecule has 1 saturated heterocycles. The Morgan fingerprint density at radius 3 is 2.52 bits per heavy atom. The Kier molecular flexibility index (Phi) is 5.70. The number of likely N-dealkylation sites (tertiary alicyclic amines) is 1. The summed E-state index contributed by atoms with van der Waals surface area (Å²) in [5, 5.41) is 3.22. The first kappa shape index (κ1) is 20.8. The van der Waals surface area contributed by atoms with Crippen LogP contribution in [-0.4, -0.2) is 36.9 Å². The highest BCUT2D eigenvalue weighted by Gasteiger charge is 2.54. The van der Waals surface area contributed by atoms with E-state index in [9.17, 15) is 9.59 Å². The molecule has 6 rings (SSSR count). The maximum Gasteiger partial charge on any atom is 0.226 e. The fourth-order valence-electron chi connectivity index (χ4n) is 7.42. The van der Waals surface area contributed by atoms with Gasteiger partial charge in [0.2, 0.25) is 11.8 Å². The second-order valence-corrected chi connectivity index (χ2v) is 10.6. The maximum absolute atomic E-state index is 13.1. The van der Waals surface area contributed by atoms with Crippen molar-refractivity contribution in [2.24, 2.45) is 23.2 Å². The molecule has 4 saturated carbocycles. The molecule has 4 bridgehead atoms. The third kappa shape index (κ3) is 4.08. The predicted octanol–water partition coefficient (Wildman–Crippen LogP) is 4.47. The van der Waals surface area contributed by atoms with Crippen molar-refractivity contribution in [2.45, 2.75) is 70.3 Å². The quantitative estimate of drug-likeness (QED) is 0.657. The lowest BCUT2D eigenvalue weighted by Crippen LogP contribution is -2.53. The molecule has 5 nitrogen and oxygen atoms in total. The van der Waals surface area contributed by atoms with E-state index in [-0.39, 0.29) is 23.3 Å². The van der Waals surface area contributed by atoms with E-state index in [2.05, 4.69) is 11.4 Å². The Balaban J connectivity index is 1.11. The van der Waals surface area contributed by atoms with Gasteiger partial charge in [0.15, 0.2) is 0 Å². The van der Waals surface area contributed by atoms with Crippen molar-refractivity contribution in [1.82, 2.24) is 10.2 Å². The van der Waals surface area contributed by atoms with Crippen LogP contribution in [0.3, 0.4) is 0 Å². The molecule has 1 aromatic rings. The third-order valence-electron chi connectivity index (χ3n) is 8.42. The Bertz CT molecular complexity index is 800. The molecule has 5 aliphatic rings. The summed E-state index contributed by atoms with van der Waals surface area (Å²) >= 11 is 0. The number of carbonyl (C=O) groups is 2. The zero-order valence-corrected chi connectivity index (χ0v) is 18.8. The number of rotatable bonds is 7. The number of hydrogen-bond acceptors (Lipinski definition) is 3. The van der Waals surface area contributed by atoms with Gasteiger partial charge in [-0.2, -0.15) is 0 Å². The molecule has 1 N–H and O–H groups in total. The first-order valence-corrected chi connectivity index (χ1v) is 12.3. The maximum atomic E-state index is 13.1. The van der Waals surface area contributed by atoms with Crippen molar-refractivity contribution >= 4 is 11.8 Å². The van der Waals surface area contributed by atoms with Gasteiger partial charge in [0.25, 0.3) is 0 Å². The first-order valence-electron chi connectivity index (χ1n) is 12.3. The molecule has 5 fully saturated rings. The van der Waals surface area contributed by atoms with Crippen LogP contribution in [0.25, 0.3) is 0 Å². The Hall–Kier alpha value is -2.04. The number of hydrogen-bond donors (Lipinski definition) is 1. The van der Waals surface area contributed by atoms with E-state index < -0.39 is 0 Å². The molecule has 1 aromatic carbocycles. The van der Waals surface area contributed by atoms with Gasteiger partial charge in [0, 0.05) is 24.9 Å². The number of amides is 2. The van der Waals surface area contributed by atoms with Crippen LogP contribution in [0.15, 0.2) is 24.3 Å². The largest absolute Gasteiger partial charge is 0.497 e. The Morgan fingerprint density at radius 1 is 1.13 bits per heavy atom. The molecular weight excluding hydrogens is 388 g/mol. The topological polar surface area (TPSA) is 58.6 Å². The smallest absolute Gasteiger partial charge is 0.226 e. The second kappa shape index (κ2) is 8.48. The van der Waals surface area contributed by atoms with E-state index in [1.165, 1.54) is 19.3 Å². The molecule has 0 spiro atoms. The molecule has 1 atom stereocenters. The Labute approximate surface area is 185 Å². The van der Waals surface area contributed by atoms with Crippen molar-refractivity contribution in [3.05, 3.63) is 29.8 Å². The molecule has 1 heterocycles. The van der Waals surface area contributed by atoms with Gasteiger partial charge in [-0.3, -0.25) is 9.59 Å². The minimum atomic E-state index is -0.0921. The molecule has 1 aliphatic heterocycles. The van der Waals surface area contributed by atoms with E-state index in [1.54, 1.807) is 7.11 Å². The average molecular weight is 425 g/mol. The lowest BCUT2D eigenvalue weighted by atomic mass is 9.49. The number of nitrogens with zero attached hydrogens (tertiary/aromatic N) is 1. The minimum absolute atomic E-state index is 0.0921. The van der Waals surface area contributed by atoms with Crippen molar-refractivity contribution in [3.8, 4) is 5.75 Å². The van der Waals surface area contributed by atoms with Gasteiger partial charge in [-0.15, -0.1) is 0 Å². The SMILES string of the molecule is COc1cccc([C@@H]2CCCN2C(=O)CCCNC(=O)C23CC4CC(CC(C4)C2)C3)c1. The molecule has 4 aliphatic carbocycles. The zero-order chi connectivity index (χ0) is 21.4. The van der Waals surface area contributed by atoms with Gasteiger partial charge in [0.05, 0.1) is 13.2 Å². The summed E-state index contributed by atoms with van der Waals surface area (Å²) in [4.78, 5) is 28.0. The average Bonchev–Trinajstić information content (AvgIpc) is 3.25. The number of nitrogens with one attached hydrogen (secondary N) is 1. The summed E-state index contributed by atoms with van der Waals surface area (Å²) in [6.45, 7) is 1.43. The molecule has 0 aromatic heterocycles. The van der Waals surface area contributed by atoms with Gasteiger partial charge in [-0.05, 0) is 93.2 Å². The van der Waals surface area contributed by atoms with Crippen molar-refractivity contribution in [1.29, 1.82) is 0 Å².